The van der Waals surface area contributed by atoms with Gasteiger partial charge in [-0.05, 0) is 60.0 Å². The molecule has 0 bridgehead atoms. The van der Waals surface area contributed by atoms with Crippen molar-refractivity contribution in [1.29, 1.82) is 0 Å². The monoisotopic (exact) mass is 512 g/mol. The molecule has 0 aliphatic carbocycles. The molecule has 1 amide bonds. The summed E-state index contributed by atoms with van der Waals surface area (Å²) in [7, 11) is 4.69. The molecule has 0 fully saturated rings. The first-order valence-electron chi connectivity index (χ1n) is 11.1. The molecule has 9 nitrogen and oxygen atoms in total. The number of rotatable bonds is 8. The molecule has 0 N–H and O–H groups in total. The Morgan fingerprint density at radius 1 is 1.00 bits per heavy atom. The van der Waals surface area contributed by atoms with Crippen molar-refractivity contribution in [2.75, 3.05) is 34.5 Å². The number of nitro groups is 1. The topological polar surface area (TPSA) is 100 Å². The van der Waals surface area contributed by atoms with E-state index < -0.39 is 16.9 Å². The fourth-order valence-corrected chi connectivity index (χ4v) is 4.44. The summed E-state index contributed by atoms with van der Waals surface area (Å²) in [5, 5.41) is 11.4. The number of non-ortho nitro benzene ring substituents is 1. The number of hydrogen-bond donors (Lipinski definition) is 0. The average molecular weight is 513 g/mol. The number of amides is 1. The van der Waals surface area contributed by atoms with Gasteiger partial charge in [-0.15, -0.1) is 0 Å². The molecule has 3 aromatic carbocycles. The highest BCUT2D eigenvalue weighted by atomic mass is 35.5. The second kappa shape index (κ2) is 10.7. The van der Waals surface area contributed by atoms with Crippen LogP contribution in [0.25, 0.3) is 0 Å². The Morgan fingerprint density at radius 2 is 1.67 bits per heavy atom. The molecule has 0 saturated heterocycles. The maximum atomic E-state index is 13.7. The van der Waals surface area contributed by atoms with Crippen LogP contribution >= 0.6 is 11.6 Å². The third-order valence-electron chi connectivity index (χ3n) is 6.12. The van der Waals surface area contributed by atoms with Crippen molar-refractivity contribution in [3.63, 3.8) is 0 Å². The molecule has 188 valence electrons. The maximum absolute atomic E-state index is 13.7. The van der Waals surface area contributed by atoms with Crippen LogP contribution in [-0.4, -0.2) is 50.2 Å². The van der Waals surface area contributed by atoms with E-state index in [2.05, 4.69) is 0 Å². The summed E-state index contributed by atoms with van der Waals surface area (Å²) in [5.41, 5.74) is 1.68. The predicted octanol–water partition coefficient (Wildman–Crippen LogP) is 5.09. The number of nitrogens with zero attached hydrogens (tertiary/aromatic N) is 2. The quantitative estimate of drug-likeness (QED) is 0.306. The normalized spacial score (nSPS) is 14.6. The fourth-order valence-electron chi connectivity index (χ4n) is 4.24. The lowest BCUT2D eigenvalue weighted by molar-refractivity contribution is -0.384. The van der Waals surface area contributed by atoms with Crippen LogP contribution in [0, 0.1) is 10.1 Å². The van der Waals surface area contributed by atoms with E-state index in [1.165, 1.54) is 18.2 Å². The molecule has 10 heteroatoms. The van der Waals surface area contributed by atoms with Gasteiger partial charge in [-0.2, -0.15) is 0 Å². The van der Waals surface area contributed by atoms with E-state index in [4.69, 9.17) is 30.5 Å². The molecule has 0 radical (unpaired) electrons. The largest absolute Gasteiger partial charge is 0.497 e. The standard InChI is InChI=1S/C26H25ClN2O7/c1-33-18-5-7-19(8-6-18)36-15-23-20-14-25(35-3)24(34-2)12-16(20)10-11-28(23)26(30)21-13-17(29(31)32)4-9-22(21)27/h4-9,12-14,23H,10-11,15H2,1-3H3. The summed E-state index contributed by atoms with van der Waals surface area (Å²) in [6.45, 7) is 0.490. The molecule has 1 aliphatic rings. The maximum Gasteiger partial charge on any atom is 0.270 e. The summed E-state index contributed by atoms with van der Waals surface area (Å²) >= 11 is 6.30. The van der Waals surface area contributed by atoms with Gasteiger partial charge in [0.25, 0.3) is 11.6 Å². The van der Waals surface area contributed by atoms with Gasteiger partial charge < -0.3 is 23.8 Å². The molecule has 1 atom stereocenters. The zero-order valence-corrected chi connectivity index (χ0v) is 20.8. The average Bonchev–Trinajstić information content (AvgIpc) is 2.90. The highest BCUT2D eigenvalue weighted by Crippen LogP contribution is 2.39. The van der Waals surface area contributed by atoms with Gasteiger partial charge in [-0.25, -0.2) is 0 Å². The van der Waals surface area contributed by atoms with Crippen LogP contribution in [0.1, 0.15) is 27.5 Å². The van der Waals surface area contributed by atoms with Gasteiger partial charge >= 0.3 is 0 Å². The van der Waals surface area contributed by atoms with E-state index in [1.807, 2.05) is 12.1 Å². The van der Waals surface area contributed by atoms with Crippen LogP contribution in [0.3, 0.4) is 0 Å². The summed E-state index contributed by atoms with van der Waals surface area (Å²) in [5.74, 6) is 1.98. The van der Waals surface area contributed by atoms with E-state index in [1.54, 1.807) is 50.5 Å². The van der Waals surface area contributed by atoms with Gasteiger partial charge in [0.15, 0.2) is 11.5 Å². The Balaban J connectivity index is 1.72. The smallest absolute Gasteiger partial charge is 0.270 e. The number of carbonyl (C=O) groups excluding carboxylic acids is 1. The molecular weight excluding hydrogens is 488 g/mol. The molecule has 1 unspecified atom stereocenters. The highest BCUT2D eigenvalue weighted by Gasteiger charge is 2.34. The number of methoxy groups -OCH3 is 3. The minimum Gasteiger partial charge on any atom is -0.497 e. The lowest BCUT2D eigenvalue weighted by atomic mass is 9.91. The molecule has 1 heterocycles. The molecule has 0 aromatic heterocycles. The molecular formula is C26H25ClN2O7. The molecule has 1 aliphatic heterocycles. The van der Waals surface area contributed by atoms with Crippen molar-refractivity contribution < 1.29 is 28.7 Å². The minimum absolute atomic E-state index is 0.0595. The number of hydrogen-bond acceptors (Lipinski definition) is 7. The van der Waals surface area contributed by atoms with Gasteiger partial charge in [-0.1, -0.05) is 11.6 Å². The summed E-state index contributed by atoms with van der Waals surface area (Å²) in [6.07, 6.45) is 0.549. The Labute approximate surface area is 213 Å². The lowest BCUT2D eigenvalue weighted by Gasteiger charge is -2.37. The van der Waals surface area contributed by atoms with Gasteiger partial charge in [0.05, 0.1) is 42.9 Å². The van der Waals surface area contributed by atoms with Crippen LogP contribution in [0.4, 0.5) is 5.69 Å². The van der Waals surface area contributed by atoms with Crippen molar-refractivity contribution >= 4 is 23.2 Å². The van der Waals surface area contributed by atoms with E-state index in [0.717, 1.165) is 11.1 Å². The zero-order chi connectivity index (χ0) is 25.8. The third-order valence-corrected chi connectivity index (χ3v) is 6.45. The first-order chi connectivity index (χ1) is 17.4. The minimum atomic E-state index is -0.556. The number of fused-ring (bicyclic) bond motifs is 1. The summed E-state index contributed by atoms with van der Waals surface area (Å²) in [4.78, 5) is 26.1. The van der Waals surface area contributed by atoms with Crippen LogP contribution < -0.4 is 18.9 Å². The van der Waals surface area contributed by atoms with Crippen LogP contribution in [0.5, 0.6) is 23.0 Å². The first-order valence-corrected chi connectivity index (χ1v) is 11.5. The first kappa shape index (κ1) is 25.1. The number of halogens is 1. The summed E-state index contributed by atoms with van der Waals surface area (Å²) < 4.78 is 22.2. The Morgan fingerprint density at radius 3 is 2.31 bits per heavy atom. The van der Waals surface area contributed by atoms with Gasteiger partial charge in [0.2, 0.25) is 0 Å². The molecule has 3 aromatic rings. The zero-order valence-electron chi connectivity index (χ0n) is 20.0. The number of ether oxygens (including phenoxy) is 4. The Kier molecular flexibility index (Phi) is 7.49. The number of nitro benzene ring substituents is 1. The van der Waals surface area contributed by atoms with Gasteiger partial charge in [0.1, 0.15) is 18.1 Å². The predicted molar refractivity (Wildman–Crippen MR) is 134 cm³/mol. The lowest BCUT2D eigenvalue weighted by Crippen LogP contribution is -2.42. The van der Waals surface area contributed by atoms with Crippen molar-refractivity contribution in [1.82, 2.24) is 4.90 Å². The van der Waals surface area contributed by atoms with Crippen LogP contribution in [0.15, 0.2) is 54.6 Å². The van der Waals surface area contributed by atoms with Crippen molar-refractivity contribution in [3.05, 3.63) is 86.4 Å². The fraction of sp³-hybridized carbons (Fsp3) is 0.269. The number of carbonyl (C=O) groups is 1. The van der Waals surface area contributed by atoms with E-state index >= 15 is 0 Å². The van der Waals surface area contributed by atoms with Gasteiger partial charge in [-0.3, -0.25) is 14.9 Å². The van der Waals surface area contributed by atoms with Crippen LogP contribution in [-0.2, 0) is 6.42 Å². The van der Waals surface area contributed by atoms with E-state index in [0.29, 0.717) is 36.0 Å². The molecule has 0 saturated carbocycles. The van der Waals surface area contributed by atoms with Crippen molar-refractivity contribution in [2.45, 2.75) is 12.5 Å². The summed E-state index contributed by atoms with van der Waals surface area (Å²) in [6, 6.07) is 14.2. The second-order valence-corrected chi connectivity index (χ2v) is 8.49. The van der Waals surface area contributed by atoms with Gasteiger partial charge in [0, 0.05) is 18.7 Å². The molecule has 0 spiro atoms. The van der Waals surface area contributed by atoms with Crippen molar-refractivity contribution in [3.8, 4) is 23.0 Å². The molecule has 4 rings (SSSR count). The molecule has 36 heavy (non-hydrogen) atoms. The SMILES string of the molecule is COc1ccc(OCC2c3cc(OC)c(OC)cc3CCN2C(=O)c2cc([N+](=O)[O-])ccc2Cl)cc1. The van der Waals surface area contributed by atoms with Crippen LogP contribution in [0.2, 0.25) is 5.02 Å². The number of benzene rings is 3. The highest BCUT2D eigenvalue weighted by molar-refractivity contribution is 6.34. The Bertz CT molecular complexity index is 1280. The van der Waals surface area contributed by atoms with Crippen molar-refractivity contribution in [2.24, 2.45) is 0 Å². The second-order valence-electron chi connectivity index (χ2n) is 8.08. The third kappa shape index (κ3) is 5.01. The van der Waals surface area contributed by atoms with E-state index in [-0.39, 0.29) is 22.9 Å². The van der Waals surface area contributed by atoms with E-state index in [9.17, 15) is 14.9 Å². The Hall–Kier alpha value is -3.98.